The summed E-state index contributed by atoms with van der Waals surface area (Å²) in [5.41, 5.74) is 7.84. The zero-order valence-electron chi connectivity index (χ0n) is 13.7. The number of benzene rings is 2. The number of fused-ring (bicyclic) bond motifs is 1. The van der Waals surface area contributed by atoms with Gasteiger partial charge in [-0.1, -0.05) is 24.3 Å². The van der Waals surface area contributed by atoms with Gasteiger partial charge in [0.25, 0.3) is 0 Å². The molecule has 0 saturated heterocycles. The van der Waals surface area contributed by atoms with Crippen LogP contribution in [0.2, 0.25) is 0 Å². The topological polar surface area (TPSA) is 78.0 Å². The number of nitrogen functional groups attached to an aromatic ring is 1. The maximum absolute atomic E-state index is 13.2. The monoisotopic (exact) mass is 339 g/mol. The Labute approximate surface area is 144 Å². The van der Waals surface area contributed by atoms with E-state index in [1.165, 1.54) is 12.1 Å². The van der Waals surface area contributed by atoms with Crippen molar-refractivity contribution in [1.29, 1.82) is 0 Å². The third-order valence-corrected chi connectivity index (χ3v) is 4.46. The van der Waals surface area contributed by atoms with E-state index in [0.717, 1.165) is 23.3 Å². The minimum absolute atomic E-state index is 0.0205. The van der Waals surface area contributed by atoms with E-state index in [-0.39, 0.29) is 23.8 Å². The molecule has 1 aromatic heterocycles. The average Bonchev–Trinajstić information content (AvgIpc) is 3.01. The first-order chi connectivity index (χ1) is 12.1. The van der Waals surface area contributed by atoms with Gasteiger partial charge in [0.1, 0.15) is 11.6 Å². The van der Waals surface area contributed by atoms with Crippen molar-refractivity contribution >= 4 is 11.9 Å². The lowest BCUT2D eigenvalue weighted by Gasteiger charge is -2.31. The molecule has 4 rings (SSSR count). The molecular formula is C18H18FN5O. The smallest absolute Gasteiger partial charge is 0.241 e. The highest BCUT2D eigenvalue weighted by Gasteiger charge is 2.31. The molecule has 6 nitrogen and oxygen atoms in total. The van der Waals surface area contributed by atoms with Crippen LogP contribution in [0.1, 0.15) is 29.6 Å². The number of nitrogens with one attached hydrogen (secondary N) is 1. The van der Waals surface area contributed by atoms with Gasteiger partial charge in [0, 0.05) is 0 Å². The van der Waals surface area contributed by atoms with E-state index < -0.39 is 0 Å². The molecule has 0 unspecified atom stereocenters. The van der Waals surface area contributed by atoms with E-state index in [0.29, 0.717) is 5.95 Å². The van der Waals surface area contributed by atoms with Crippen LogP contribution in [0.4, 0.5) is 16.3 Å². The molecule has 0 radical (unpaired) electrons. The van der Waals surface area contributed by atoms with Crippen molar-refractivity contribution in [3.05, 3.63) is 65.5 Å². The van der Waals surface area contributed by atoms with Crippen LogP contribution in [0.15, 0.2) is 48.5 Å². The summed E-state index contributed by atoms with van der Waals surface area (Å²) < 4.78 is 20.4. The molecule has 1 aliphatic rings. The van der Waals surface area contributed by atoms with Gasteiger partial charge in [0.2, 0.25) is 11.9 Å². The number of nitrogens with zero attached hydrogens (tertiary/aromatic N) is 3. The first kappa shape index (κ1) is 15.4. The zero-order valence-corrected chi connectivity index (χ0v) is 13.7. The molecule has 25 heavy (non-hydrogen) atoms. The van der Waals surface area contributed by atoms with Gasteiger partial charge in [0.15, 0.2) is 0 Å². The summed E-state index contributed by atoms with van der Waals surface area (Å²) in [4.78, 5) is 4.28. The van der Waals surface area contributed by atoms with E-state index in [1.54, 1.807) is 23.9 Å². The number of rotatable bonds is 3. The molecule has 0 amide bonds. The molecule has 0 bridgehead atoms. The Morgan fingerprint density at radius 1 is 1.20 bits per heavy atom. The van der Waals surface area contributed by atoms with Crippen molar-refractivity contribution in [2.45, 2.75) is 18.5 Å². The maximum Gasteiger partial charge on any atom is 0.241 e. The van der Waals surface area contributed by atoms with Gasteiger partial charge in [-0.2, -0.15) is 4.98 Å². The molecule has 0 fully saturated rings. The van der Waals surface area contributed by atoms with E-state index in [1.807, 2.05) is 24.3 Å². The third-order valence-electron chi connectivity index (χ3n) is 4.46. The van der Waals surface area contributed by atoms with Gasteiger partial charge in [-0.25, -0.2) is 9.07 Å². The SMILES string of the molecule is COc1cccc([C@@H]2C[C@@H](c3ccc(F)cc3)Nc3nc(N)nn32)c1. The van der Waals surface area contributed by atoms with E-state index in [4.69, 9.17) is 10.5 Å². The van der Waals surface area contributed by atoms with Crippen LogP contribution >= 0.6 is 0 Å². The van der Waals surface area contributed by atoms with Crippen molar-refractivity contribution in [2.24, 2.45) is 0 Å². The van der Waals surface area contributed by atoms with E-state index >= 15 is 0 Å². The number of ether oxygens (including phenoxy) is 1. The van der Waals surface area contributed by atoms with Crippen LogP contribution in [0.25, 0.3) is 0 Å². The molecular weight excluding hydrogens is 321 g/mol. The highest BCUT2D eigenvalue weighted by Crippen LogP contribution is 2.38. The van der Waals surface area contributed by atoms with Crippen LogP contribution in [-0.2, 0) is 0 Å². The molecule has 128 valence electrons. The summed E-state index contributed by atoms with van der Waals surface area (Å²) in [5.74, 6) is 1.35. The largest absolute Gasteiger partial charge is 0.497 e. The molecule has 3 aromatic rings. The van der Waals surface area contributed by atoms with Crippen molar-refractivity contribution in [2.75, 3.05) is 18.2 Å². The summed E-state index contributed by atoms with van der Waals surface area (Å²) in [6.07, 6.45) is 0.731. The molecule has 0 aliphatic carbocycles. The highest BCUT2D eigenvalue weighted by molar-refractivity contribution is 5.42. The number of hydrogen-bond donors (Lipinski definition) is 2. The number of anilines is 2. The standard InChI is InChI=1S/C18H18FN5O/c1-25-14-4-2-3-12(9-14)16-10-15(11-5-7-13(19)8-6-11)21-18-22-17(20)23-24(16)18/h2-9,15-16H,10H2,1H3,(H3,20,21,22,23)/t15-,16-/m0/s1. The fourth-order valence-corrected chi connectivity index (χ4v) is 3.23. The fourth-order valence-electron chi connectivity index (χ4n) is 3.23. The van der Waals surface area contributed by atoms with Gasteiger partial charge in [-0.3, -0.25) is 0 Å². The minimum atomic E-state index is -0.253. The van der Waals surface area contributed by atoms with Crippen LogP contribution in [0, 0.1) is 5.82 Å². The molecule has 0 spiro atoms. The lowest BCUT2D eigenvalue weighted by Crippen LogP contribution is -2.28. The molecule has 3 N–H and O–H groups in total. The Morgan fingerprint density at radius 3 is 2.76 bits per heavy atom. The Bertz CT molecular complexity index is 893. The number of hydrogen-bond acceptors (Lipinski definition) is 5. The van der Waals surface area contributed by atoms with E-state index in [2.05, 4.69) is 15.4 Å². The first-order valence-corrected chi connectivity index (χ1v) is 8.02. The zero-order chi connectivity index (χ0) is 17.4. The molecule has 2 aromatic carbocycles. The second-order valence-electron chi connectivity index (χ2n) is 6.01. The summed E-state index contributed by atoms with van der Waals surface area (Å²) >= 11 is 0. The highest BCUT2D eigenvalue weighted by atomic mass is 19.1. The van der Waals surface area contributed by atoms with Crippen LogP contribution in [-0.4, -0.2) is 21.9 Å². The van der Waals surface area contributed by atoms with Crippen LogP contribution in [0.3, 0.4) is 0 Å². The van der Waals surface area contributed by atoms with Gasteiger partial charge in [0.05, 0.1) is 19.2 Å². The minimum Gasteiger partial charge on any atom is -0.497 e. The van der Waals surface area contributed by atoms with Crippen molar-refractivity contribution in [3.8, 4) is 5.75 Å². The Morgan fingerprint density at radius 2 is 2.00 bits per heavy atom. The number of halogens is 1. The summed E-state index contributed by atoms with van der Waals surface area (Å²) in [6.45, 7) is 0. The quantitative estimate of drug-likeness (QED) is 0.766. The van der Waals surface area contributed by atoms with Gasteiger partial charge in [-0.05, 0) is 41.8 Å². The van der Waals surface area contributed by atoms with E-state index in [9.17, 15) is 4.39 Å². The van der Waals surface area contributed by atoms with Crippen molar-refractivity contribution in [3.63, 3.8) is 0 Å². The van der Waals surface area contributed by atoms with Crippen LogP contribution < -0.4 is 15.8 Å². The lowest BCUT2D eigenvalue weighted by atomic mass is 9.93. The third kappa shape index (κ3) is 2.88. The fraction of sp³-hybridized carbons (Fsp3) is 0.222. The molecule has 2 heterocycles. The van der Waals surface area contributed by atoms with Gasteiger partial charge in [-0.15, -0.1) is 5.10 Å². The molecule has 0 saturated carbocycles. The number of aromatic nitrogens is 3. The summed E-state index contributed by atoms with van der Waals surface area (Å²) in [5, 5.41) is 7.66. The predicted molar refractivity (Wildman–Crippen MR) is 92.9 cm³/mol. The Hall–Kier alpha value is -3.09. The van der Waals surface area contributed by atoms with Crippen molar-refractivity contribution in [1.82, 2.24) is 14.8 Å². The molecule has 1 aliphatic heterocycles. The second-order valence-corrected chi connectivity index (χ2v) is 6.01. The molecule has 7 heteroatoms. The first-order valence-electron chi connectivity index (χ1n) is 8.02. The normalized spacial score (nSPS) is 19.1. The van der Waals surface area contributed by atoms with Gasteiger partial charge >= 0.3 is 0 Å². The lowest BCUT2D eigenvalue weighted by molar-refractivity contribution is 0.406. The molecule has 2 atom stereocenters. The van der Waals surface area contributed by atoms with Crippen molar-refractivity contribution < 1.29 is 9.13 Å². The summed E-state index contributed by atoms with van der Waals surface area (Å²) in [7, 11) is 1.64. The Kier molecular flexibility index (Phi) is 3.76. The Balaban J connectivity index is 1.75. The van der Waals surface area contributed by atoms with Crippen LogP contribution in [0.5, 0.6) is 5.75 Å². The number of methoxy groups -OCH3 is 1. The second kappa shape index (κ2) is 6.08. The predicted octanol–water partition coefficient (Wildman–Crippen LogP) is 3.15. The maximum atomic E-state index is 13.2. The van der Waals surface area contributed by atoms with Gasteiger partial charge < -0.3 is 15.8 Å². The average molecular weight is 339 g/mol. The number of nitrogens with two attached hydrogens (primary N) is 1. The summed E-state index contributed by atoms with van der Waals surface area (Å²) in [6, 6.07) is 14.3.